The van der Waals surface area contributed by atoms with Crippen molar-refractivity contribution in [2.45, 2.75) is 38.9 Å². The van der Waals surface area contributed by atoms with Gasteiger partial charge in [0, 0.05) is 30.3 Å². The highest BCUT2D eigenvalue weighted by Crippen LogP contribution is 2.36. The summed E-state index contributed by atoms with van der Waals surface area (Å²) in [6.07, 6.45) is 2.75. The van der Waals surface area contributed by atoms with Gasteiger partial charge in [-0.2, -0.15) is 0 Å². The summed E-state index contributed by atoms with van der Waals surface area (Å²) in [5.74, 6) is -0.131. The summed E-state index contributed by atoms with van der Waals surface area (Å²) < 4.78 is 6.44. The zero-order chi connectivity index (χ0) is 23.4. The number of pyridine rings is 1. The number of hydrogen-bond acceptors (Lipinski definition) is 4. The third kappa shape index (κ3) is 5.84. The van der Waals surface area contributed by atoms with Gasteiger partial charge in [0.2, 0.25) is 0 Å². The van der Waals surface area contributed by atoms with Crippen LogP contribution in [-0.4, -0.2) is 37.5 Å². The normalized spacial score (nSPS) is 12.4. The van der Waals surface area contributed by atoms with Gasteiger partial charge in [0.15, 0.2) is 0 Å². The molecule has 0 unspecified atom stereocenters. The molecule has 1 N–H and O–H groups in total. The number of aromatic nitrogens is 1. The van der Waals surface area contributed by atoms with Gasteiger partial charge in [-0.15, -0.1) is 18.1 Å². The van der Waals surface area contributed by atoms with Crippen molar-refractivity contribution < 1.29 is 14.3 Å². The second-order valence-corrected chi connectivity index (χ2v) is 14.2. The largest absolute Gasteiger partial charge is 0.563 e. The molecule has 6 heteroatoms. The van der Waals surface area contributed by atoms with E-state index in [1.54, 1.807) is 6.08 Å². The first-order valence-electron chi connectivity index (χ1n) is 10.9. The van der Waals surface area contributed by atoms with E-state index in [0.717, 1.165) is 34.0 Å². The van der Waals surface area contributed by atoms with E-state index in [2.05, 4.69) is 44.8 Å². The van der Waals surface area contributed by atoms with Gasteiger partial charge in [-0.05, 0) is 50.3 Å². The number of fused-ring (bicyclic) bond motifs is 1. The topological polar surface area (TPSA) is 62.7 Å². The highest BCUT2D eigenvalue weighted by atomic mass is 28.4. The molecular formula is C26H32N2O3Si-. The minimum atomic E-state index is -1.88. The number of carboxylic acid groups (broad SMARTS) is 1. The zero-order valence-electron chi connectivity index (χ0n) is 19.5. The van der Waals surface area contributed by atoms with E-state index >= 15 is 0 Å². The monoisotopic (exact) mass is 448 g/mol. The first-order valence-corrected chi connectivity index (χ1v) is 13.8. The number of carbonyl (C=O) groups is 1. The van der Waals surface area contributed by atoms with Crippen LogP contribution < -0.4 is 4.90 Å². The van der Waals surface area contributed by atoms with Crippen LogP contribution in [0.5, 0.6) is 0 Å². The summed E-state index contributed by atoms with van der Waals surface area (Å²) in [6.45, 7) is 12.4. The lowest BCUT2D eigenvalue weighted by Gasteiger charge is -2.48. The smallest absolute Gasteiger partial charge is 0.328 e. The maximum absolute atomic E-state index is 10.9. The summed E-state index contributed by atoms with van der Waals surface area (Å²) in [7, 11) is -1.88. The SMILES string of the molecule is CC(C)(C)[Si-](C)(C)OCCN(c1cccc(/C=C/C(=O)O)c1)c1ccc2ccccc2n1. The number of carboxylic acids is 1. The maximum Gasteiger partial charge on any atom is 0.328 e. The van der Waals surface area contributed by atoms with Crippen LogP contribution >= 0.6 is 0 Å². The van der Waals surface area contributed by atoms with Crippen LogP contribution in [0, 0.1) is 0 Å². The van der Waals surface area contributed by atoms with E-state index in [0.29, 0.717) is 13.2 Å². The fourth-order valence-corrected chi connectivity index (χ4v) is 4.19. The Morgan fingerprint density at radius 3 is 2.56 bits per heavy atom. The molecule has 2 aromatic carbocycles. The van der Waals surface area contributed by atoms with Crippen LogP contribution in [0.3, 0.4) is 0 Å². The molecule has 1 aromatic heterocycles. The van der Waals surface area contributed by atoms with Crippen molar-refractivity contribution in [3.05, 3.63) is 72.3 Å². The number of aliphatic carboxylic acids is 1. The van der Waals surface area contributed by atoms with E-state index in [1.807, 2.05) is 54.6 Å². The number of anilines is 2. The van der Waals surface area contributed by atoms with Gasteiger partial charge >= 0.3 is 5.97 Å². The van der Waals surface area contributed by atoms with Gasteiger partial charge in [0.1, 0.15) is 5.82 Å². The molecule has 0 saturated carbocycles. The van der Waals surface area contributed by atoms with Crippen molar-refractivity contribution >= 4 is 42.8 Å². The Kier molecular flexibility index (Phi) is 7.16. The van der Waals surface area contributed by atoms with Crippen molar-refractivity contribution in [1.82, 2.24) is 4.98 Å². The van der Waals surface area contributed by atoms with Gasteiger partial charge in [0.25, 0.3) is 0 Å². The molecule has 0 spiro atoms. The molecule has 0 saturated heterocycles. The molecule has 0 aliphatic heterocycles. The van der Waals surface area contributed by atoms with E-state index in [1.165, 1.54) is 0 Å². The van der Waals surface area contributed by atoms with Crippen LogP contribution in [0.4, 0.5) is 11.5 Å². The van der Waals surface area contributed by atoms with Gasteiger partial charge in [0.05, 0.1) is 5.52 Å². The fraction of sp³-hybridized carbons (Fsp3) is 0.308. The fourth-order valence-electron chi connectivity index (χ4n) is 3.15. The van der Waals surface area contributed by atoms with Crippen LogP contribution in [0.1, 0.15) is 26.3 Å². The zero-order valence-corrected chi connectivity index (χ0v) is 20.5. The molecule has 169 valence electrons. The van der Waals surface area contributed by atoms with Gasteiger partial charge in [-0.1, -0.05) is 51.1 Å². The molecule has 0 fully saturated rings. The quantitative estimate of drug-likeness (QED) is 0.315. The average molecular weight is 449 g/mol. The summed E-state index contributed by atoms with van der Waals surface area (Å²) in [6, 6.07) is 20.0. The highest BCUT2D eigenvalue weighted by Gasteiger charge is 2.25. The first-order chi connectivity index (χ1) is 15.1. The Morgan fingerprint density at radius 1 is 1.09 bits per heavy atom. The second-order valence-electron chi connectivity index (χ2n) is 9.39. The van der Waals surface area contributed by atoms with Crippen molar-refractivity contribution in [2.24, 2.45) is 0 Å². The molecule has 0 amide bonds. The van der Waals surface area contributed by atoms with E-state index in [4.69, 9.17) is 14.5 Å². The van der Waals surface area contributed by atoms with Crippen LogP contribution in [0.2, 0.25) is 18.1 Å². The summed E-state index contributed by atoms with van der Waals surface area (Å²) >= 11 is 0. The number of para-hydroxylation sites is 1. The molecule has 3 rings (SSSR count). The van der Waals surface area contributed by atoms with E-state index < -0.39 is 14.3 Å². The predicted molar refractivity (Wildman–Crippen MR) is 135 cm³/mol. The van der Waals surface area contributed by atoms with Gasteiger partial charge < -0.3 is 14.4 Å². The Morgan fingerprint density at radius 2 is 1.84 bits per heavy atom. The molecule has 0 aliphatic rings. The van der Waals surface area contributed by atoms with Crippen LogP contribution in [0.15, 0.2) is 66.7 Å². The Bertz CT molecular complexity index is 1120. The minimum Gasteiger partial charge on any atom is -0.563 e. The lowest BCUT2D eigenvalue weighted by Crippen LogP contribution is -2.42. The maximum atomic E-state index is 10.9. The van der Waals surface area contributed by atoms with Crippen molar-refractivity contribution in [1.29, 1.82) is 0 Å². The molecule has 0 radical (unpaired) electrons. The molecule has 1 heterocycles. The summed E-state index contributed by atoms with van der Waals surface area (Å²) in [4.78, 5) is 18.0. The van der Waals surface area contributed by atoms with Crippen LogP contribution in [0.25, 0.3) is 17.0 Å². The Balaban J connectivity index is 1.94. The van der Waals surface area contributed by atoms with Crippen molar-refractivity contribution in [2.75, 3.05) is 18.1 Å². The van der Waals surface area contributed by atoms with Crippen molar-refractivity contribution in [3.8, 4) is 0 Å². The highest BCUT2D eigenvalue weighted by molar-refractivity contribution is 6.74. The third-order valence-electron chi connectivity index (χ3n) is 6.04. The van der Waals surface area contributed by atoms with Crippen molar-refractivity contribution in [3.63, 3.8) is 0 Å². The number of hydrogen-bond donors (Lipinski definition) is 1. The van der Waals surface area contributed by atoms with Gasteiger partial charge in [-0.3, -0.25) is 0 Å². The average Bonchev–Trinajstić information content (AvgIpc) is 2.74. The molecule has 0 aliphatic carbocycles. The lowest BCUT2D eigenvalue weighted by atomic mass is 10.1. The number of rotatable bonds is 8. The molecule has 0 atom stereocenters. The molecule has 5 nitrogen and oxygen atoms in total. The standard InChI is InChI=1S/C26H32N2O3Si/c1-26(2,3)32(4,5)31-18-17-28(22-11-8-9-20(19-22)13-16-25(29)30)24-15-14-21-10-6-7-12-23(21)27-24/h6-16,19H,17-18H2,1-5H3,(H,29,30)/q-1/b16-13+. The van der Waals surface area contributed by atoms with Gasteiger partial charge in [-0.25, -0.2) is 9.78 Å². The second kappa shape index (κ2) is 9.67. The minimum absolute atomic E-state index is 0.139. The molecule has 3 aromatic rings. The first kappa shape index (κ1) is 23.7. The van der Waals surface area contributed by atoms with Crippen LogP contribution in [-0.2, 0) is 9.22 Å². The summed E-state index contributed by atoms with van der Waals surface area (Å²) in [5, 5.41) is 10.2. The molecule has 32 heavy (non-hydrogen) atoms. The Hall–Kier alpha value is -2.96. The lowest BCUT2D eigenvalue weighted by molar-refractivity contribution is -0.131. The predicted octanol–water partition coefficient (Wildman–Crippen LogP) is 6.49. The Labute approximate surface area is 191 Å². The molecular weight excluding hydrogens is 416 g/mol. The van der Waals surface area contributed by atoms with E-state index in [-0.39, 0.29) is 5.04 Å². The van der Waals surface area contributed by atoms with E-state index in [9.17, 15) is 4.79 Å². The molecule has 0 bridgehead atoms. The number of benzene rings is 2. The number of nitrogens with zero attached hydrogens (tertiary/aromatic N) is 2. The summed E-state index contributed by atoms with van der Waals surface area (Å²) in [5.41, 5.74) is 2.70. The third-order valence-corrected chi connectivity index (χ3v) is 10.6.